The first-order valence-electron chi connectivity index (χ1n) is 11.8. The summed E-state index contributed by atoms with van der Waals surface area (Å²) in [5.41, 5.74) is 5.92. The number of benzene rings is 1. The number of hydrogen-bond acceptors (Lipinski definition) is 6. The third-order valence-electron chi connectivity index (χ3n) is 6.19. The van der Waals surface area contributed by atoms with Crippen LogP contribution in [-0.2, 0) is 24.2 Å². The molecule has 4 aromatic rings. The number of nitrogens with zero attached hydrogens (tertiary/aromatic N) is 2. The second-order valence-electron chi connectivity index (χ2n) is 9.17. The number of carbonyl (C=O) groups excluding carboxylic acids is 1. The van der Waals surface area contributed by atoms with E-state index in [0.717, 1.165) is 54.0 Å². The van der Waals surface area contributed by atoms with E-state index >= 15 is 0 Å². The van der Waals surface area contributed by atoms with E-state index < -0.39 is 0 Å². The first kappa shape index (κ1) is 22.4. The van der Waals surface area contributed by atoms with Crippen LogP contribution in [0.1, 0.15) is 48.4 Å². The van der Waals surface area contributed by atoms with Crippen LogP contribution in [0.4, 0.5) is 0 Å². The van der Waals surface area contributed by atoms with Crippen LogP contribution in [0.5, 0.6) is 0 Å². The van der Waals surface area contributed by atoms with Gasteiger partial charge in [0.1, 0.15) is 10.8 Å². The fourth-order valence-corrected chi connectivity index (χ4v) is 7.01. The zero-order chi connectivity index (χ0) is 22.8. The molecule has 0 bridgehead atoms. The van der Waals surface area contributed by atoms with Crippen molar-refractivity contribution in [2.45, 2.75) is 52.5 Å². The summed E-state index contributed by atoms with van der Waals surface area (Å²) in [4.78, 5) is 24.7. The number of thiazole rings is 1. The minimum absolute atomic E-state index is 0.350. The Kier molecular flexibility index (Phi) is 6.67. The van der Waals surface area contributed by atoms with Gasteiger partial charge in [-0.3, -0.25) is 9.78 Å². The molecule has 0 saturated heterocycles. The summed E-state index contributed by atoms with van der Waals surface area (Å²) in [6.07, 6.45) is 7.99. The van der Waals surface area contributed by atoms with Crippen molar-refractivity contribution in [3.8, 4) is 21.7 Å². The van der Waals surface area contributed by atoms with Crippen LogP contribution in [0.2, 0.25) is 0 Å². The highest BCUT2D eigenvalue weighted by molar-refractivity contribution is 7.22. The second kappa shape index (κ2) is 9.84. The maximum Gasteiger partial charge on any atom is 0.138 e. The molecule has 4 heterocycles. The molecule has 0 aliphatic carbocycles. The molecule has 5 rings (SSSR count). The minimum Gasteiger partial charge on any atom is -0.312 e. The van der Waals surface area contributed by atoms with Gasteiger partial charge in [0.25, 0.3) is 0 Å². The molecular formula is C27H29N3OS2. The molecule has 1 aliphatic heterocycles. The Labute approximate surface area is 203 Å². The summed E-state index contributed by atoms with van der Waals surface area (Å²) >= 11 is 3.55. The molecule has 1 aliphatic rings. The van der Waals surface area contributed by atoms with Gasteiger partial charge >= 0.3 is 0 Å². The maximum absolute atomic E-state index is 12.8. The molecule has 0 radical (unpaired) electrons. The normalized spacial score (nSPS) is 13.5. The molecule has 3 aromatic heterocycles. The number of rotatable bonds is 8. The molecule has 0 spiro atoms. The Morgan fingerprint density at radius 2 is 2.09 bits per heavy atom. The van der Waals surface area contributed by atoms with E-state index in [2.05, 4.69) is 48.4 Å². The zero-order valence-electron chi connectivity index (χ0n) is 19.2. The highest BCUT2D eigenvalue weighted by Gasteiger charge is 2.25. The molecular weight excluding hydrogens is 446 g/mol. The van der Waals surface area contributed by atoms with Gasteiger partial charge < -0.3 is 5.32 Å². The average Bonchev–Trinajstić information content (AvgIpc) is 3.39. The van der Waals surface area contributed by atoms with Crippen molar-refractivity contribution in [2.75, 3.05) is 6.54 Å². The quantitative estimate of drug-likeness (QED) is 0.309. The third kappa shape index (κ3) is 4.93. The summed E-state index contributed by atoms with van der Waals surface area (Å²) in [7, 11) is 0. The highest BCUT2D eigenvalue weighted by Crippen LogP contribution is 2.42. The molecule has 1 N–H and O–H groups in total. The Bertz CT molecular complexity index is 1270. The van der Waals surface area contributed by atoms with Crippen LogP contribution in [0.25, 0.3) is 31.9 Å². The monoisotopic (exact) mass is 475 g/mol. The first-order chi connectivity index (χ1) is 16.1. The molecule has 6 heteroatoms. The van der Waals surface area contributed by atoms with E-state index in [4.69, 9.17) is 4.98 Å². The van der Waals surface area contributed by atoms with Gasteiger partial charge in [0.2, 0.25) is 0 Å². The van der Waals surface area contributed by atoms with Crippen molar-refractivity contribution in [1.82, 2.24) is 15.3 Å². The molecule has 1 aromatic carbocycles. The summed E-state index contributed by atoms with van der Waals surface area (Å²) in [5.74, 6) is 0.997. The topological polar surface area (TPSA) is 54.9 Å². The highest BCUT2D eigenvalue weighted by atomic mass is 32.1. The van der Waals surface area contributed by atoms with Crippen molar-refractivity contribution >= 4 is 38.7 Å². The number of thiophene rings is 1. The predicted molar refractivity (Wildman–Crippen MR) is 139 cm³/mol. The lowest BCUT2D eigenvalue weighted by molar-refractivity contribution is -0.118. The number of ketones is 1. The van der Waals surface area contributed by atoms with Gasteiger partial charge in [-0.15, -0.1) is 22.7 Å². The largest absolute Gasteiger partial charge is 0.312 e. The SMILES string of the molecule is CC(C)CCCC(=O)Cc1sc2c(c1-c1nc3ccc(-c4cccnc4)cc3s1)CCNC2. The van der Waals surface area contributed by atoms with Gasteiger partial charge in [0.05, 0.1) is 10.2 Å². The van der Waals surface area contributed by atoms with Crippen molar-refractivity contribution in [2.24, 2.45) is 5.92 Å². The summed E-state index contributed by atoms with van der Waals surface area (Å²) in [5, 5.41) is 4.54. The van der Waals surface area contributed by atoms with Gasteiger partial charge in [-0.1, -0.05) is 32.4 Å². The van der Waals surface area contributed by atoms with Crippen LogP contribution < -0.4 is 5.32 Å². The fourth-order valence-electron chi connectivity index (χ4n) is 4.48. The van der Waals surface area contributed by atoms with Gasteiger partial charge in [0.15, 0.2) is 0 Å². The van der Waals surface area contributed by atoms with E-state index in [0.29, 0.717) is 24.5 Å². The van der Waals surface area contributed by atoms with Crippen molar-refractivity contribution in [1.29, 1.82) is 0 Å². The summed E-state index contributed by atoms with van der Waals surface area (Å²) in [6.45, 7) is 6.31. The maximum atomic E-state index is 12.8. The number of nitrogens with one attached hydrogen (secondary N) is 1. The van der Waals surface area contributed by atoms with E-state index in [1.165, 1.54) is 25.6 Å². The summed E-state index contributed by atoms with van der Waals surface area (Å²) < 4.78 is 1.18. The number of fused-ring (bicyclic) bond motifs is 2. The van der Waals surface area contributed by atoms with Crippen molar-refractivity contribution < 1.29 is 4.79 Å². The molecule has 170 valence electrons. The van der Waals surface area contributed by atoms with Gasteiger partial charge in [-0.2, -0.15) is 0 Å². The van der Waals surface area contributed by atoms with Crippen molar-refractivity contribution in [3.63, 3.8) is 0 Å². The lowest BCUT2D eigenvalue weighted by Gasteiger charge is -2.13. The van der Waals surface area contributed by atoms with Crippen LogP contribution in [0.15, 0.2) is 42.7 Å². The second-order valence-corrected chi connectivity index (χ2v) is 11.4. The molecule has 0 saturated carbocycles. The van der Waals surface area contributed by atoms with E-state index in [1.807, 2.05) is 23.6 Å². The van der Waals surface area contributed by atoms with Gasteiger partial charge in [0, 0.05) is 52.7 Å². The van der Waals surface area contributed by atoms with E-state index in [9.17, 15) is 4.79 Å². The lowest BCUT2D eigenvalue weighted by atomic mass is 9.99. The Morgan fingerprint density at radius 1 is 1.18 bits per heavy atom. The van der Waals surface area contributed by atoms with Crippen LogP contribution in [0.3, 0.4) is 0 Å². The zero-order valence-corrected chi connectivity index (χ0v) is 20.8. The smallest absolute Gasteiger partial charge is 0.138 e. The lowest BCUT2D eigenvalue weighted by Crippen LogP contribution is -2.22. The third-order valence-corrected chi connectivity index (χ3v) is 8.46. The number of pyridine rings is 1. The van der Waals surface area contributed by atoms with Gasteiger partial charge in [-0.05, 0) is 54.6 Å². The Hall–Kier alpha value is -2.41. The van der Waals surface area contributed by atoms with Crippen LogP contribution in [0, 0.1) is 5.92 Å². The average molecular weight is 476 g/mol. The molecule has 0 fully saturated rings. The first-order valence-corrected chi connectivity index (χ1v) is 13.4. The standard InChI is InChI=1S/C27H29N3OS2/c1-17(2)5-3-7-20(31)14-24-26(21-10-12-29-16-25(21)32-24)27-30-22-9-8-18(13-23(22)33-27)19-6-4-11-28-15-19/h4,6,8-9,11,13,15,17,29H,3,5,7,10,12,14,16H2,1-2H3. The van der Waals surface area contributed by atoms with Crippen LogP contribution >= 0.6 is 22.7 Å². The van der Waals surface area contributed by atoms with Crippen LogP contribution in [-0.4, -0.2) is 22.3 Å². The van der Waals surface area contributed by atoms with E-state index in [1.54, 1.807) is 17.5 Å². The number of aromatic nitrogens is 2. The number of hydrogen-bond donors (Lipinski definition) is 1. The summed E-state index contributed by atoms with van der Waals surface area (Å²) in [6, 6.07) is 10.5. The van der Waals surface area contributed by atoms with E-state index in [-0.39, 0.29) is 0 Å². The Balaban J connectivity index is 1.48. The van der Waals surface area contributed by atoms with Crippen molar-refractivity contribution in [3.05, 3.63) is 58.0 Å². The molecule has 4 nitrogen and oxygen atoms in total. The predicted octanol–water partition coefficient (Wildman–Crippen LogP) is 6.67. The molecule has 0 atom stereocenters. The minimum atomic E-state index is 0.350. The van der Waals surface area contributed by atoms with Gasteiger partial charge in [-0.25, -0.2) is 4.98 Å². The fraction of sp³-hybridized carbons (Fsp3) is 0.370. The Morgan fingerprint density at radius 3 is 2.91 bits per heavy atom. The molecule has 33 heavy (non-hydrogen) atoms. The molecule has 0 unspecified atom stereocenters. The number of Topliss-reactive ketones (excluding diaryl/α,β-unsaturated/α-hetero) is 1. The number of carbonyl (C=O) groups is 1. The molecule has 0 amide bonds.